The van der Waals surface area contributed by atoms with Gasteiger partial charge in [0.15, 0.2) is 0 Å². The van der Waals surface area contributed by atoms with Gasteiger partial charge in [-0.25, -0.2) is 9.78 Å². The summed E-state index contributed by atoms with van der Waals surface area (Å²) in [6.07, 6.45) is 7.58. The fraction of sp³-hybridized carbons (Fsp3) is 0.565. The summed E-state index contributed by atoms with van der Waals surface area (Å²) < 4.78 is 11.4. The summed E-state index contributed by atoms with van der Waals surface area (Å²) in [6.45, 7) is 3.92. The van der Waals surface area contributed by atoms with Crippen molar-refractivity contribution in [3.8, 4) is 0 Å². The first-order chi connectivity index (χ1) is 16.9. The average Bonchev–Trinajstić information content (AvgIpc) is 3.46. The maximum atomic E-state index is 13.4. The number of aromatic nitrogens is 4. The fourth-order valence-corrected chi connectivity index (χ4v) is 6.28. The highest BCUT2D eigenvalue weighted by Gasteiger charge is 2.26. The van der Waals surface area contributed by atoms with Crippen molar-refractivity contribution in [1.29, 1.82) is 0 Å². The van der Waals surface area contributed by atoms with Crippen molar-refractivity contribution in [3.05, 3.63) is 32.1 Å². The van der Waals surface area contributed by atoms with Crippen LogP contribution in [0, 0.1) is 6.92 Å². The fourth-order valence-electron chi connectivity index (χ4n) is 4.33. The van der Waals surface area contributed by atoms with Gasteiger partial charge in [-0.3, -0.25) is 19.5 Å². The molecule has 10 nitrogen and oxygen atoms in total. The van der Waals surface area contributed by atoms with Crippen LogP contribution in [0.5, 0.6) is 0 Å². The molecule has 0 saturated heterocycles. The highest BCUT2D eigenvalue weighted by atomic mass is 32.1. The van der Waals surface area contributed by atoms with E-state index in [1.54, 1.807) is 6.92 Å². The van der Waals surface area contributed by atoms with Crippen molar-refractivity contribution in [3.63, 3.8) is 0 Å². The van der Waals surface area contributed by atoms with Gasteiger partial charge in [0.2, 0.25) is 11.0 Å². The van der Waals surface area contributed by atoms with E-state index in [2.05, 4.69) is 20.5 Å². The number of carbonyl (C=O) groups excluding carboxylic acids is 2. The minimum Gasteiger partial charge on any atom is -0.459 e. The normalized spacial score (nSPS) is 15.3. The lowest BCUT2D eigenvalue weighted by atomic mass is 9.90. The summed E-state index contributed by atoms with van der Waals surface area (Å²) in [5, 5.41) is 13.0. The Morgan fingerprint density at radius 1 is 1.20 bits per heavy atom. The van der Waals surface area contributed by atoms with Crippen molar-refractivity contribution in [2.75, 3.05) is 25.6 Å². The number of anilines is 1. The molecule has 1 atom stereocenters. The van der Waals surface area contributed by atoms with Crippen LogP contribution in [0.15, 0.2) is 11.1 Å². The van der Waals surface area contributed by atoms with Gasteiger partial charge >= 0.3 is 5.97 Å². The Morgan fingerprint density at radius 3 is 2.69 bits per heavy atom. The van der Waals surface area contributed by atoms with E-state index in [9.17, 15) is 14.4 Å². The van der Waals surface area contributed by atoms with Crippen LogP contribution in [0.3, 0.4) is 0 Å². The topological polar surface area (TPSA) is 125 Å². The molecule has 0 radical (unpaired) electrons. The highest BCUT2D eigenvalue weighted by Crippen LogP contribution is 2.35. The smallest absolute Gasteiger partial charge is 0.348 e. The Balaban J connectivity index is 1.55. The molecule has 1 unspecified atom stereocenters. The molecule has 0 aliphatic heterocycles. The molecule has 0 spiro atoms. The number of rotatable bonds is 9. The third-order valence-electron chi connectivity index (χ3n) is 6.23. The monoisotopic (exact) mass is 519 g/mol. The first-order valence-electron chi connectivity index (χ1n) is 11.7. The van der Waals surface area contributed by atoms with Crippen LogP contribution in [0.2, 0.25) is 0 Å². The first-order valence-corrected chi connectivity index (χ1v) is 13.4. The summed E-state index contributed by atoms with van der Waals surface area (Å²) >= 11 is 2.50. The molecule has 188 valence electrons. The van der Waals surface area contributed by atoms with Gasteiger partial charge in [0.1, 0.15) is 27.4 Å². The summed E-state index contributed by atoms with van der Waals surface area (Å²) in [7, 11) is 1.52. The maximum absolute atomic E-state index is 13.4. The summed E-state index contributed by atoms with van der Waals surface area (Å²) in [4.78, 5) is 44.0. The molecule has 1 N–H and O–H groups in total. The molecular formula is C23H29N5O5S2. The quantitative estimate of drug-likeness (QED) is 0.331. The van der Waals surface area contributed by atoms with Crippen molar-refractivity contribution in [1.82, 2.24) is 19.7 Å². The number of carbonyl (C=O) groups is 2. The molecule has 3 heterocycles. The van der Waals surface area contributed by atoms with E-state index in [1.165, 1.54) is 48.6 Å². The van der Waals surface area contributed by atoms with Crippen LogP contribution >= 0.6 is 22.7 Å². The van der Waals surface area contributed by atoms with Crippen molar-refractivity contribution in [2.24, 2.45) is 0 Å². The predicted octanol–water partition coefficient (Wildman–Crippen LogP) is 4.06. The van der Waals surface area contributed by atoms with Crippen LogP contribution in [0.1, 0.15) is 77.7 Å². The molecule has 12 heteroatoms. The molecule has 35 heavy (non-hydrogen) atoms. The number of hydrogen-bond acceptors (Lipinski definition) is 10. The second-order valence-electron chi connectivity index (χ2n) is 8.52. The van der Waals surface area contributed by atoms with Crippen LogP contribution < -0.4 is 10.9 Å². The van der Waals surface area contributed by atoms with E-state index in [4.69, 9.17) is 9.47 Å². The zero-order valence-electron chi connectivity index (χ0n) is 20.0. The van der Waals surface area contributed by atoms with E-state index in [-0.39, 0.29) is 24.7 Å². The Morgan fingerprint density at radius 2 is 1.97 bits per heavy atom. The molecule has 3 aromatic heterocycles. The van der Waals surface area contributed by atoms with Crippen molar-refractivity contribution in [2.45, 2.75) is 64.3 Å². The molecule has 4 rings (SSSR count). The number of amides is 1. The average molecular weight is 520 g/mol. The Bertz CT molecular complexity index is 1260. The lowest BCUT2D eigenvalue weighted by Gasteiger charge is -2.18. The lowest BCUT2D eigenvalue weighted by molar-refractivity contribution is -0.119. The second kappa shape index (κ2) is 11.4. The van der Waals surface area contributed by atoms with Gasteiger partial charge in [0.25, 0.3) is 5.56 Å². The van der Waals surface area contributed by atoms with Gasteiger partial charge in [-0.1, -0.05) is 37.5 Å². The van der Waals surface area contributed by atoms with Gasteiger partial charge in [-0.05, 0) is 31.7 Å². The molecule has 1 fully saturated rings. The number of nitrogens with one attached hydrogen (secondary N) is 1. The number of thiophene rings is 1. The van der Waals surface area contributed by atoms with Gasteiger partial charge in [-0.15, -0.1) is 21.5 Å². The standard InChI is InChI=1S/C23H29N5O5S2/c1-4-15(18(29)25-23-27-26-19(35-23)14-8-6-5-7-9-14)28-12-24-20-16(21(28)30)13(2)17(34-20)22(31)33-11-10-32-3/h12,14-15H,4-11H2,1-3H3,(H,25,27,29). The van der Waals surface area contributed by atoms with Gasteiger partial charge in [0, 0.05) is 13.0 Å². The molecule has 0 aromatic carbocycles. The Labute approximate surface area is 210 Å². The number of fused-ring (bicyclic) bond motifs is 1. The maximum Gasteiger partial charge on any atom is 0.348 e. The van der Waals surface area contributed by atoms with Crippen LogP contribution in [0.25, 0.3) is 10.2 Å². The largest absolute Gasteiger partial charge is 0.459 e. The minimum atomic E-state index is -0.780. The van der Waals surface area contributed by atoms with Crippen LogP contribution in [-0.4, -0.2) is 51.9 Å². The summed E-state index contributed by atoms with van der Waals surface area (Å²) in [6, 6.07) is -0.780. The number of ether oxygens (including phenoxy) is 2. The first kappa shape index (κ1) is 25.4. The van der Waals surface area contributed by atoms with E-state index < -0.39 is 12.0 Å². The van der Waals surface area contributed by atoms with Gasteiger partial charge in [-0.2, -0.15) is 0 Å². The van der Waals surface area contributed by atoms with Crippen molar-refractivity contribution < 1.29 is 19.1 Å². The number of nitrogens with zero attached hydrogens (tertiary/aromatic N) is 4. The molecule has 1 aliphatic rings. The third-order valence-corrected chi connectivity index (χ3v) is 8.41. The molecule has 1 saturated carbocycles. The third kappa shape index (κ3) is 5.44. The summed E-state index contributed by atoms with van der Waals surface area (Å²) in [5.41, 5.74) is 0.123. The molecule has 0 bridgehead atoms. The zero-order valence-corrected chi connectivity index (χ0v) is 21.7. The van der Waals surface area contributed by atoms with E-state index in [0.717, 1.165) is 29.2 Å². The second-order valence-corrected chi connectivity index (χ2v) is 10.5. The SMILES string of the molecule is CCC(C(=O)Nc1nnc(C2CCCCC2)s1)n1cnc2sc(C(=O)OCCOC)c(C)c2c1=O. The Hall–Kier alpha value is -2.70. The molecule has 1 amide bonds. The summed E-state index contributed by atoms with van der Waals surface area (Å²) in [5.74, 6) is -0.474. The van der Waals surface area contributed by atoms with Crippen LogP contribution in [0.4, 0.5) is 5.13 Å². The van der Waals surface area contributed by atoms with Gasteiger partial charge < -0.3 is 9.47 Å². The van der Waals surface area contributed by atoms with Gasteiger partial charge in [0.05, 0.1) is 18.3 Å². The van der Waals surface area contributed by atoms with E-state index >= 15 is 0 Å². The molecule has 3 aromatic rings. The minimum absolute atomic E-state index is 0.118. The van der Waals surface area contributed by atoms with E-state index in [1.807, 2.05) is 6.92 Å². The molecule has 1 aliphatic carbocycles. The van der Waals surface area contributed by atoms with Crippen molar-refractivity contribution >= 4 is 49.9 Å². The number of aryl methyl sites for hydroxylation is 1. The van der Waals surface area contributed by atoms with E-state index in [0.29, 0.717) is 38.1 Å². The number of hydrogen-bond donors (Lipinski definition) is 1. The zero-order chi connectivity index (χ0) is 24.9. The number of methoxy groups -OCH3 is 1. The number of esters is 1. The predicted molar refractivity (Wildman–Crippen MR) is 134 cm³/mol. The highest BCUT2D eigenvalue weighted by molar-refractivity contribution is 7.20. The lowest BCUT2D eigenvalue weighted by Crippen LogP contribution is -2.33. The van der Waals surface area contributed by atoms with Crippen LogP contribution in [-0.2, 0) is 14.3 Å². The molecular weight excluding hydrogens is 490 g/mol. The Kier molecular flexibility index (Phi) is 8.24.